The quantitative estimate of drug-likeness (QED) is 0.705. The molecule has 0 radical (unpaired) electrons. The van der Waals surface area contributed by atoms with E-state index in [1.54, 1.807) is 5.56 Å². The Bertz CT molecular complexity index is 621. The highest BCUT2D eigenvalue weighted by Gasteiger charge is 2.38. The van der Waals surface area contributed by atoms with Gasteiger partial charge in [-0.2, -0.15) is 0 Å². The van der Waals surface area contributed by atoms with E-state index in [-0.39, 0.29) is 0 Å². The molecule has 24 heavy (non-hydrogen) atoms. The minimum absolute atomic E-state index is 0.801. The lowest BCUT2D eigenvalue weighted by molar-refractivity contribution is 0.0754. The number of rotatable bonds is 8. The zero-order valence-corrected chi connectivity index (χ0v) is 14.3. The van der Waals surface area contributed by atoms with E-state index in [4.69, 9.17) is 4.74 Å². The zero-order valence-electron chi connectivity index (χ0n) is 14.3. The van der Waals surface area contributed by atoms with Crippen molar-refractivity contribution in [2.75, 3.05) is 26.2 Å². The fourth-order valence-corrected chi connectivity index (χ4v) is 3.98. The fraction of sp³-hybridized carbons (Fsp3) is 0.455. The van der Waals surface area contributed by atoms with Gasteiger partial charge in [0.2, 0.25) is 0 Å². The van der Waals surface area contributed by atoms with Crippen molar-refractivity contribution < 1.29 is 4.74 Å². The highest BCUT2D eigenvalue weighted by molar-refractivity contribution is 5.25. The summed E-state index contributed by atoms with van der Waals surface area (Å²) >= 11 is 0. The van der Waals surface area contributed by atoms with Crippen LogP contribution in [-0.2, 0) is 0 Å². The van der Waals surface area contributed by atoms with Crippen molar-refractivity contribution >= 4 is 0 Å². The maximum absolute atomic E-state index is 5.78. The predicted octanol–water partition coefficient (Wildman–Crippen LogP) is 4.58. The van der Waals surface area contributed by atoms with Gasteiger partial charge in [0.25, 0.3) is 0 Å². The molecule has 0 unspecified atom stereocenters. The van der Waals surface area contributed by atoms with Crippen molar-refractivity contribution in [1.82, 2.24) is 4.90 Å². The smallest absolute Gasteiger partial charge is 0.119 e. The summed E-state index contributed by atoms with van der Waals surface area (Å²) in [5.74, 6) is 3.69. The molecule has 1 aliphatic carbocycles. The largest absolute Gasteiger partial charge is 0.492 e. The average molecular weight is 321 g/mol. The third-order valence-electron chi connectivity index (χ3n) is 5.55. The first kappa shape index (κ1) is 15.7. The van der Waals surface area contributed by atoms with Gasteiger partial charge in [-0.05, 0) is 54.7 Å². The second kappa shape index (κ2) is 7.40. The van der Waals surface area contributed by atoms with Gasteiger partial charge in [-0.1, -0.05) is 48.5 Å². The van der Waals surface area contributed by atoms with Crippen LogP contribution in [0.15, 0.2) is 60.7 Å². The normalized spacial score (nSPS) is 23.7. The van der Waals surface area contributed by atoms with Crippen LogP contribution in [0.4, 0.5) is 0 Å². The Morgan fingerprint density at radius 3 is 2.33 bits per heavy atom. The third-order valence-corrected chi connectivity index (χ3v) is 5.55. The highest BCUT2D eigenvalue weighted by Crippen LogP contribution is 2.50. The molecule has 2 aromatic carbocycles. The molecule has 126 valence electrons. The number of hydrogen-bond donors (Lipinski definition) is 0. The molecule has 0 bridgehead atoms. The van der Waals surface area contributed by atoms with Gasteiger partial charge < -0.3 is 4.74 Å². The fourth-order valence-electron chi connectivity index (χ4n) is 3.98. The number of likely N-dealkylation sites (tertiary alicyclic amines) is 1. The van der Waals surface area contributed by atoms with E-state index in [9.17, 15) is 0 Å². The molecule has 1 saturated heterocycles. The molecule has 2 aromatic rings. The lowest BCUT2D eigenvalue weighted by atomic mass is 9.93. The van der Waals surface area contributed by atoms with Crippen molar-refractivity contribution in [3.05, 3.63) is 66.2 Å². The van der Waals surface area contributed by atoms with Crippen LogP contribution in [0.1, 0.15) is 30.7 Å². The Labute approximate surface area is 145 Å². The standard InChI is InChI=1S/C22H27NO/c1-3-7-19(8-4-1)22-15-20(22)12-11-18-16-23(17-18)13-14-24-21-9-5-2-6-10-21/h1-10,18,20,22H,11-17H2/t20-,22+/m1/s1. The van der Waals surface area contributed by atoms with E-state index in [2.05, 4.69) is 35.2 Å². The molecule has 2 nitrogen and oxygen atoms in total. The summed E-state index contributed by atoms with van der Waals surface area (Å²) in [6.07, 6.45) is 4.23. The summed E-state index contributed by atoms with van der Waals surface area (Å²) in [5, 5.41) is 0. The van der Waals surface area contributed by atoms with Gasteiger partial charge in [-0.3, -0.25) is 4.90 Å². The molecule has 0 N–H and O–H groups in total. The lowest BCUT2D eigenvalue weighted by Gasteiger charge is -2.39. The van der Waals surface area contributed by atoms with Crippen LogP contribution < -0.4 is 4.74 Å². The molecule has 2 heteroatoms. The van der Waals surface area contributed by atoms with Crippen LogP contribution in [0.5, 0.6) is 5.75 Å². The summed E-state index contributed by atoms with van der Waals surface area (Å²) in [5.41, 5.74) is 1.55. The molecule has 1 saturated carbocycles. The predicted molar refractivity (Wildman–Crippen MR) is 98.4 cm³/mol. The Balaban J connectivity index is 1.08. The van der Waals surface area contributed by atoms with Gasteiger partial charge in [-0.25, -0.2) is 0 Å². The van der Waals surface area contributed by atoms with Gasteiger partial charge in [0.15, 0.2) is 0 Å². The summed E-state index contributed by atoms with van der Waals surface area (Å²) in [4.78, 5) is 2.52. The van der Waals surface area contributed by atoms with Gasteiger partial charge >= 0.3 is 0 Å². The first-order valence-electron chi connectivity index (χ1n) is 9.33. The Morgan fingerprint density at radius 2 is 1.58 bits per heavy atom. The molecule has 0 amide bonds. The molecular formula is C22H27NO. The van der Waals surface area contributed by atoms with Crippen LogP contribution in [0.25, 0.3) is 0 Å². The number of nitrogens with zero attached hydrogens (tertiary/aromatic N) is 1. The zero-order chi connectivity index (χ0) is 16.2. The molecular weight excluding hydrogens is 294 g/mol. The molecule has 2 atom stereocenters. The highest BCUT2D eigenvalue weighted by atomic mass is 16.5. The van der Waals surface area contributed by atoms with Gasteiger partial charge in [0.1, 0.15) is 12.4 Å². The van der Waals surface area contributed by atoms with E-state index in [0.29, 0.717) is 0 Å². The molecule has 2 aliphatic rings. The second-order valence-electron chi connectivity index (χ2n) is 7.38. The minimum Gasteiger partial charge on any atom is -0.492 e. The summed E-state index contributed by atoms with van der Waals surface area (Å²) in [6, 6.07) is 21.2. The maximum atomic E-state index is 5.78. The second-order valence-corrected chi connectivity index (χ2v) is 7.38. The topological polar surface area (TPSA) is 12.5 Å². The Kier molecular flexibility index (Phi) is 4.84. The van der Waals surface area contributed by atoms with E-state index < -0.39 is 0 Å². The van der Waals surface area contributed by atoms with Crippen LogP contribution >= 0.6 is 0 Å². The van der Waals surface area contributed by atoms with E-state index in [1.807, 2.05) is 30.3 Å². The maximum Gasteiger partial charge on any atom is 0.119 e. The average Bonchev–Trinajstić information content (AvgIpc) is 3.37. The number of hydrogen-bond acceptors (Lipinski definition) is 2. The number of para-hydroxylation sites is 1. The summed E-state index contributed by atoms with van der Waals surface area (Å²) in [7, 11) is 0. The monoisotopic (exact) mass is 321 g/mol. The van der Waals surface area contributed by atoms with Crippen molar-refractivity contribution in [3.8, 4) is 5.75 Å². The number of benzene rings is 2. The van der Waals surface area contributed by atoms with Gasteiger partial charge in [-0.15, -0.1) is 0 Å². The Hall–Kier alpha value is -1.80. The minimum atomic E-state index is 0.801. The SMILES string of the molecule is c1ccc(OCCN2CC(CC[C@@H]3C[C@H]3c3ccccc3)C2)cc1. The van der Waals surface area contributed by atoms with Crippen LogP contribution in [0.2, 0.25) is 0 Å². The lowest BCUT2D eigenvalue weighted by Crippen LogP contribution is -2.48. The van der Waals surface area contributed by atoms with Crippen molar-refractivity contribution in [2.24, 2.45) is 11.8 Å². The van der Waals surface area contributed by atoms with E-state index >= 15 is 0 Å². The van der Waals surface area contributed by atoms with Crippen LogP contribution in [0.3, 0.4) is 0 Å². The summed E-state index contributed by atoms with van der Waals surface area (Å²) in [6.45, 7) is 4.39. The molecule has 2 fully saturated rings. The van der Waals surface area contributed by atoms with E-state index in [1.165, 1.54) is 32.4 Å². The van der Waals surface area contributed by atoms with Crippen LogP contribution in [-0.4, -0.2) is 31.1 Å². The Morgan fingerprint density at radius 1 is 0.875 bits per heavy atom. The molecule has 1 aliphatic heterocycles. The van der Waals surface area contributed by atoms with Crippen molar-refractivity contribution in [2.45, 2.75) is 25.2 Å². The van der Waals surface area contributed by atoms with Crippen molar-refractivity contribution in [1.29, 1.82) is 0 Å². The summed E-state index contributed by atoms with van der Waals surface area (Å²) < 4.78 is 5.78. The molecule has 1 heterocycles. The first-order chi connectivity index (χ1) is 11.9. The van der Waals surface area contributed by atoms with E-state index in [0.717, 1.165) is 36.7 Å². The van der Waals surface area contributed by atoms with Gasteiger partial charge in [0.05, 0.1) is 0 Å². The van der Waals surface area contributed by atoms with Crippen LogP contribution in [0, 0.1) is 11.8 Å². The molecule has 4 rings (SSSR count). The van der Waals surface area contributed by atoms with Crippen molar-refractivity contribution in [3.63, 3.8) is 0 Å². The first-order valence-corrected chi connectivity index (χ1v) is 9.33. The number of ether oxygens (including phenoxy) is 1. The third kappa shape index (κ3) is 3.99. The van der Waals surface area contributed by atoms with Gasteiger partial charge in [0, 0.05) is 19.6 Å². The molecule has 0 aromatic heterocycles. The molecule has 0 spiro atoms.